The fourth-order valence-corrected chi connectivity index (χ4v) is 8.63. The van der Waals surface area contributed by atoms with E-state index in [1.165, 1.54) is 49.7 Å². The minimum absolute atomic E-state index is 0.114. The molecule has 0 bridgehead atoms. The SMILES string of the molecule is CC(=O)O[C@@H]1CC[C@]2(C)C3CC[C@]4(C)C(n5cnc6ccccc65)=CCC4C3CC[C@@H]2C1. The summed E-state index contributed by atoms with van der Waals surface area (Å²) in [5.41, 5.74) is 4.46. The van der Waals surface area contributed by atoms with E-state index in [1.54, 1.807) is 6.92 Å². The number of esters is 1. The molecule has 0 saturated heterocycles. The normalized spacial score (nSPS) is 40.8. The average molecular weight is 433 g/mol. The maximum Gasteiger partial charge on any atom is 0.302 e. The van der Waals surface area contributed by atoms with E-state index < -0.39 is 0 Å². The van der Waals surface area contributed by atoms with Gasteiger partial charge < -0.3 is 9.30 Å². The molecule has 32 heavy (non-hydrogen) atoms. The molecular formula is C28H36N2O2. The Morgan fingerprint density at radius 1 is 1.09 bits per heavy atom. The predicted molar refractivity (Wildman–Crippen MR) is 127 cm³/mol. The van der Waals surface area contributed by atoms with E-state index in [9.17, 15) is 4.79 Å². The first kappa shape index (κ1) is 20.5. The van der Waals surface area contributed by atoms with Crippen LogP contribution in [0.25, 0.3) is 16.7 Å². The molecule has 2 aromatic rings. The topological polar surface area (TPSA) is 44.1 Å². The average Bonchev–Trinajstić information content (AvgIpc) is 3.34. The minimum Gasteiger partial charge on any atom is -0.463 e. The Hall–Kier alpha value is -2.10. The van der Waals surface area contributed by atoms with E-state index >= 15 is 0 Å². The van der Waals surface area contributed by atoms with Crippen molar-refractivity contribution < 1.29 is 9.53 Å². The van der Waals surface area contributed by atoms with E-state index in [1.807, 2.05) is 6.33 Å². The first-order chi connectivity index (χ1) is 15.4. The summed E-state index contributed by atoms with van der Waals surface area (Å²) in [5.74, 6) is 2.95. The van der Waals surface area contributed by atoms with Gasteiger partial charge in [-0.15, -0.1) is 0 Å². The van der Waals surface area contributed by atoms with Crippen molar-refractivity contribution in [2.24, 2.45) is 34.5 Å². The van der Waals surface area contributed by atoms with E-state index in [2.05, 4.69) is 48.8 Å². The van der Waals surface area contributed by atoms with Gasteiger partial charge in [-0.3, -0.25) is 4.79 Å². The molecule has 3 unspecified atom stereocenters. The van der Waals surface area contributed by atoms with E-state index in [-0.39, 0.29) is 17.5 Å². The number of carbonyl (C=O) groups excluding carboxylic acids is 1. The van der Waals surface area contributed by atoms with E-state index in [4.69, 9.17) is 9.72 Å². The molecule has 3 fully saturated rings. The van der Waals surface area contributed by atoms with Gasteiger partial charge in [-0.1, -0.05) is 32.1 Å². The Labute approximate surface area is 191 Å². The van der Waals surface area contributed by atoms with Gasteiger partial charge in [0.25, 0.3) is 0 Å². The van der Waals surface area contributed by atoms with Crippen LogP contribution in [0.3, 0.4) is 0 Å². The van der Waals surface area contributed by atoms with E-state index in [0.29, 0.717) is 11.3 Å². The maximum atomic E-state index is 11.5. The zero-order valence-electron chi connectivity index (χ0n) is 19.7. The first-order valence-corrected chi connectivity index (χ1v) is 12.7. The molecule has 4 heteroatoms. The Morgan fingerprint density at radius 3 is 2.78 bits per heavy atom. The molecule has 4 aliphatic rings. The monoisotopic (exact) mass is 432 g/mol. The van der Waals surface area contributed by atoms with Crippen molar-refractivity contribution in [2.45, 2.75) is 78.2 Å². The van der Waals surface area contributed by atoms with Crippen molar-refractivity contribution in [2.75, 3.05) is 0 Å². The summed E-state index contributed by atoms with van der Waals surface area (Å²) in [5, 5.41) is 0. The van der Waals surface area contributed by atoms with Crippen molar-refractivity contribution in [3.05, 3.63) is 36.7 Å². The van der Waals surface area contributed by atoms with Crippen molar-refractivity contribution in [1.29, 1.82) is 0 Å². The molecule has 7 atom stereocenters. The number of imidazole rings is 1. The third kappa shape index (κ3) is 2.87. The molecule has 1 aromatic heterocycles. The van der Waals surface area contributed by atoms with Crippen LogP contribution in [0.1, 0.15) is 72.1 Å². The van der Waals surface area contributed by atoms with Gasteiger partial charge in [0, 0.05) is 18.0 Å². The predicted octanol–water partition coefficient (Wildman–Crippen LogP) is 6.46. The van der Waals surface area contributed by atoms with Gasteiger partial charge in [-0.05, 0) is 92.6 Å². The third-order valence-electron chi connectivity index (χ3n) is 10.2. The molecule has 1 heterocycles. The second-order valence-corrected chi connectivity index (χ2v) is 11.5. The minimum atomic E-state index is -0.114. The summed E-state index contributed by atoms with van der Waals surface area (Å²) >= 11 is 0. The number of allylic oxidation sites excluding steroid dienone is 2. The van der Waals surface area contributed by atoms with Gasteiger partial charge in [-0.25, -0.2) is 4.98 Å². The lowest BCUT2D eigenvalue weighted by Gasteiger charge is -2.60. The first-order valence-electron chi connectivity index (χ1n) is 12.7. The molecule has 0 spiro atoms. The fraction of sp³-hybridized carbons (Fsp3) is 0.643. The van der Waals surface area contributed by atoms with Crippen LogP contribution in [-0.4, -0.2) is 21.6 Å². The smallest absolute Gasteiger partial charge is 0.302 e. The molecule has 0 aliphatic heterocycles. The second kappa shape index (κ2) is 7.20. The van der Waals surface area contributed by atoms with Crippen LogP contribution >= 0.6 is 0 Å². The zero-order chi connectivity index (χ0) is 22.1. The number of carbonyl (C=O) groups is 1. The molecule has 6 rings (SSSR count). The quantitative estimate of drug-likeness (QED) is 0.511. The van der Waals surface area contributed by atoms with Gasteiger partial charge in [0.05, 0.1) is 11.0 Å². The second-order valence-electron chi connectivity index (χ2n) is 11.5. The maximum absolute atomic E-state index is 11.5. The number of para-hydroxylation sites is 2. The third-order valence-corrected chi connectivity index (χ3v) is 10.2. The van der Waals surface area contributed by atoms with Crippen LogP contribution in [-0.2, 0) is 9.53 Å². The van der Waals surface area contributed by atoms with Crippen molar-refractivity contribution >= 4 is 22.7 Å². The van der Waals surface area contributed by atoms with Gasteiger partial charge in [0.15, 0.2) is 0 Å². The Kier molecular flexibility index (Phi) is 4.61. The van der Waals surface area contributed by atoms with Crippen LogP contribution in [0.4, 0.5) is 0 Å². The molecule has 0 N–H and O–H groups in total. The van der Waals surface area contributed by atoms with Gasteiger partial charge in [0.1, 0.15) is 12.4 Å². The number of hydrogen-bond acceptors (Lipinski definition) is 3. The summed E-state index contributed by atoms with van der Waals surface area (Å²) in [6.45, 7) is 6.67. The lowest BCUT2D eigenvalue weighted by Crippen LogP contribution is -2.54. The van der Waals surface area contributed by atoms with Crippen molar-refractivity contribution in [3.8, 4) is 0 Å². The molecular weight excluding hydrogens is 396 g/mol. The van der Waals surface area contributed by atoms with Crippen LogP contribution < -0.4 is 0 Å². The number of fused-ring (bicyclic) bond motifs is 6. The largest absolute Gasteiger partial charge is 0.463 e. The van der Waals surface area contributed by atoms with Crippen molar-refractivity contribution in [3.63, 3.8) is 0 Å². The van der Waals surface area contributed by atoms with Gasteiger partial charge in [0.2, 0.25) is 0 Å². The lowest BCUT2D eigenvalue weighted by molar-refractivity contribution is -0.158. The molecule has 170 valence electrons. The highest BCUT2D eigenvalue weighted by Crippen LogP contribution is 2.67. The van der Waals surface area contributed by atoms with Crippen molar-refractivity contribution in [1.82, 2.24) is 9.55 Å². The van der Waals surface area contributed by atoms with E-state index in [0.717, 1.165) is 36.1 Å². The number of hydrogen-bond donors (Lipinski definition) is 0. The highest BCUT2D eigenvalue weighted by molar-refractivity contribution is 5.80. The Balaban J connectivity index is 1.27. The summed E-state index contributed by atoms with van der Waals surface area (Å²) in [4.78, 5) is 16.2. The molecule has 0 radical (unpaired) electrons. The standard InChI is InChI=1S/C28H36N2O2/c1-18(31)32-20-12-14-27(2)19(16-20)8-9-21-22-10-11-26(28(22,3)15-13-23(21)27)30-17-29-24-6-4-5-7-25(24)30/h4-7,11,17,19-23H,8-10,12-16H2,1-3H3/t19-,20-,21?,22?,23?,27+,28+/m1/s1. The molecule has 1 aromatic carbocycles. The zero-order valence-corrected chi connectivity index (χ0v) is 19.7. The molecule has 3 saturated carbocycles. The summed E-state index contributed by atoms with van der Waals surface area (Å²) in [7, 11) is 0. The number of nitrogens with zero attached hydrogens (tertiary/aromatic N) is 2. The van der Waals surface area contributed by atoms with Crippen LogP contribution in [0.2, 0.25) is 0 Å². The lowest BCUT2D eigenvalue weighted by atomic mass is 9.45. The molecule has 4 aliphatic carbocycles. The van der Waals surface area contributed by atoms with Gasteiger partial charge in [-0.2, -0.15) is 0 Å². The molecule has 4 nitrogen and oxygen atoms in total. The number of ether oxygens (including phenoxy) is 1. The van der Waals surface area contributed by atoms with Crippen LogP contribution in [0, 0.1) is 34.5 Å². The van der Waals surface area contributed by atoms with Crippen LogP contribution in [0.5, 0.6) is 0 Å². The van der Waals surface area contributed by atoms with Gasteiger partial charge >= 0.3 is 5.97 Å². The summed E-state index contributed by atoms with van der Waals surface area (Å²) < 4.78 is 8.02. The Morgan fingerprint density at radius 2 is 1.94 bits per heavy atom. The Bertz CT molecular complexity index is 1090. The highest BCUT2D eigenvalue weighted by atomic mass is 16.5. The fourth-order valence-electron chi connectivity index (χ4n) is 8.63. The van der Waals surface area contributed by atoms with Crippen LogP contribution in [0.15, 0.2) is 36.7 Å². The number of benzene rings is 1. The number of aromatic nitrogens is 2. The molecule has 0 amide bonds. The number of rotatable bonds is 2. The summed E-state index contributed by atoms with van der Waals surface area (Å²) in [6, 6.07) is 8.53. The summed E-state index contributed by atoms with van der Waals surface area (Å²) in [6.07, 6.45) is 14.5. The highest BCUT2D eigenvalue weighted by Gasteiger charge is 2.59.